The van der Waals surface area contributed by atoms with Crippen molar-refractivity contribution in [2.24, 2.45) is 0 Å². The average Bonchev–Trinajstić information content (AvgIpc) is 2.25. The Balaban J connectivity index is 3.63. The predicted octanol–water partition coefficient (Wildman–Crippen LogP) is 0.600. The van der Waals surface area contributed by atoms with E-state index in [0.717, 1.165) is 6.26 Å². The van der Waals surface area contributed by atoms with Crippen molar-refractivity contribution in [3.05, 3.63) is 17.7 Å². The molecule has 16 heavy (non-hydrogen) atoms. The van der Waals surface area contributed by atoms with Crippen LogP contribution in [0.2, 0.25) is 0 Å². The molecule has 0 saturated heterocycles. The van der Waals surface area contributed by atoms with Crippen LogP contribution in [0.4, 0.5) is 0 Å². The van der Waals surface area contributed by atoms with Crippen molar-refractivity contribution >= 4 is 9.84 Å². The molecule has 1 rings (SSSR count). The molecule has 0 amide bonds. The highest BCUT2D eigenvalue weighted by Crippen LogP contribution is 2.36. The van der Waals surface area contributed by atoms with E-state index in [1.165, 1.54) is 20.3 Å². The SMILES string of the molecule is COc1ccc(CO)c(S(C)(=O)=O)c1OC. The van der Waals surface area contributed by atoms with Gasteiger partial charge in [-0.05, 0) is 6.07 Å². The molecular weight excluding hydrogens is 232 g/mol. The fourth-order valence-corrected chi connectivity index (χ4v) is 2.60. The lowest BCUT2D eigenvalue weighted by Crippen LogP contribution is -2.06. The minimum atomic E-state index is -3.49. The van der Waals surface area contributed by atoms with Gasteiger partial charge in [-0.25, -0.2) is 8.42 Å². The summed E-state index contributed by atoms with van der Waals surface area (Å²) in [6, 6.07) is 3.05. The maximum atomic E-state index is 11.6. The fourth-order valence-electron chi connectivity index (χ4n) is 1.47. The summed E-state index contributed by atoms with van der Waals surface area (Å²) in [5, 5.41) is 9.10. The molecule has 90 valence electrons. The van der Waals surface area contributed by atoms with Crippen molar-refractivity contribution in [2.75, 3.05) is 20.5 Å². The summed E-state index contributed by atoms with van der Waals surface area (Å²) in [5.74, 6) is 0.441. The summed E-state index contributed by atoms with van der Waals surface area (Å²) >= 11 is 0. The Morgan fingerprint density at radius 2 is 1.88 bits per heavy atom. The molecule has 0 radical (unpaired) electrons. The Morgan fingerprint density at radius 3 is 2.25 bits per heavy atom. The molecule has 0 heterocycles. The first-order valence-electron chi connectivity index (χ1n) is 4.50. The zero-order chi connectivity index (χ0) is 12.3. The second-order valence-corrected chi connectivity index (χ2v) is 5.17. The van der Waals surface area contributed by atoms with E-state index in [1.807, 2.05) is 0 Å². The first-order valence-corrected chi connectivity index (χ1v) is 6.39. The number of rotatable bonds is 4. The molecule has 5 nitrogen and oxygen atoms in total. The van der Waals surface area contributed by atoms with Gasteiger partial charge in [-0.3, -0.25) is 0 Å². The summed E-state index contributed by atoms with van der Waals surface area (Å²) in [5.41, 5.74) is 0.292. The molecule has 1 aromatic rings. The van der Waals surface area contributed by atoms with Crippen LogP contribution in [0, 0.1) is 0 Å². The van der Waals surface area contributed by atoms with E-state index >= 15 is 0 Å². The monoisotopic (exact) mass is 246 g/mol. The number of sulfone groups is 1. The first-order chi connectivity index (χ1) is 7.45. The second kappa shape index (κ2) is 4.71. The minimum Gasteiger partial charge on any atom is -0.493 e. The van der Waals surface area contributed by atoms with Crippen molar-refractivity contribution < 1.29 is 23.0 Å². The van der Waals surface area contributed by atoms with Crippen LogP contribution in [-0.2, 0) is 16.4 Å². The number of hydrogen-bond donors (Lipinski definition) is 1. The van der Waals surface area contributed by atoms with Crippen LogP contribution in [0.3, 0.4) is 0 Å². The van der Waals surface area contributed by atoms with Gasteiger partial charge in [0, 0.05) is 11.8 Å². The minimum absolute atomic E-state index is 0.0307. The molecule has 0 aromatic heterocycles. The van der Waals surface area contributed by atoms with Crippen molar-refractivity contribution in [3.63, 3.8) is 0 Å². The normalized spacial score (nSPS) is 11.2. The largest absolute Gasteiger partial charge is 0.493 e. The van der Waals surface area contributed by atoms with Gasteiger partial charge >= 0.3 is 0 Å². The Bertz CT molecular complexity index is 478. The Labute approximate surface area is 94.5 Å². The van der Waals surface area contributed by atoms with Crippen LogP contribution < -0.4 is 9.47 Å². The molecule has 0 bridgehead atoms. The molecule has 0 saturated carbocycles. The predicted molar refractivity (Wildman–Crippen MR) is 58.6 cm³/mol. The van der Waals surface area contributed by atoms with Gasteiger partial charge in [0.1, 0.15) is 4.90 Å². The van der Waals surface area contributed by atoms with Crippen LogP contribution in [0.1, 0.15) is 5.56 Å². The second-order valence-electron chi connectivity index (χ2n) is 3.22. The molecule has 0 atom stereocenters. The molecule has 0 unspecified atom stereocenters. The topological polar surface area (TPSA) is 72.8 Å². The Kier molecular flexibility index (Phi) is 3.77. The van der Waals surface area contributed by atoms with Crippen molar-refractivity contribution in [1.29, 1.82) is 0 Å². The van der Waals surface area contributed by atoms with Crippen molar-refractivity contribution in [3.8, 4) is 11.5 Å². The molecule has 6 heteroatoms. The van der Waals surface area contributed by atoms with Crippen LogP contribution in [0.25, 0.3) is 0 Å². The van der Waals surface area contributed by atoms with Gasteiger partial charge in [-0.2, -0.15) is 0 Å². The molecule has 0 aliphatic heterocycles. The maximum Gasteiger partial charge on any atom is 0.179 e. The van der Waals surface area contributed by atoms with E-state index in [4.69, 9.17) is 14.6 Å². The maximum absolute atomic E-state index is 11.6. The lowest BCUT2D eigenvalue weighted by molar-refractivity contribution is 0.275. The fraction of sp³-hybridized carbons (Fsp3) is 0.400. The molecule has 0 aliphatic rings. The van der Waals surface area contributed by atoms with Crippen molar-refractivity contribution in [1.82, 2.24) is 0 Å². The van der Waals surface area contributed by atoms with E-state index in [0.29, 0.717) is 11.3 Å². The lowest BCUT2D eigenvalue weighted by Gasteiger charge is -2.14. The lowest BCUT2D eigenvalue weighted by atomic mass is 10.2. The summed E-state index contributed by atoms with van der Waals surface area (Å²) in [7, 11) is -0.712. The first kappa shape index (κ1) is 12.8. The summed E-state index contributed by atoms with van der Waals surface area (Å²) in [6.07, 6.45) is 1.06. The highest BCUT2D eigenvalue weighted by atomic mass is 32.2. The molecule has 0 spiro atoms. The third kappa shape index (κ3) is 2.28. The summed E-state index contributed by atoms with van der Waals surface area (Å²) < 4.78 is 33.2. The van der Waals surface area contributed by atoms with Gasteiger partial charge in [0.25, 0.3) is 0 Å². The van der Waals surface area contributed by atoms with E-state index in [1.54, 1.807) is 6.07 Å². The number of aliphatic hydroxyl groups is 1. The molecular formula is C10H14O5S. The number of benzene rings is 1. The summed E-state index contributed by atoms with van der Waals surface area (Å²) in [6.45, 7) is -0.372. The molecule has 0 aliphatic carbocycles. The smallest absolute Gasteiger partial charge is 0.179 e. The third-order valence-corrected chi connectivity index (χ3v) is 3.31. The Hall–Kier alpha value is -1.27. The zero-order valence-corrected chi connectivity index (χ0v) is 10.2. The standard InChI is InChI=1S/C10H14O5S/c1-14-8-5-4-7(6-11)10(9(8)15-2)16(3,12)13/h4-5,11H,6H2,1-3H3. The van der Waals surface area contributed by atoms with E-state index < -0.39 is 9.84 Å². The van der Waals surface area contributed by atoms with Gasteiger partial charge in [0.15, 0.2) is 21.3 Å². The molecule has 0 fully saturated rings. The van der Waals surface area contributed by atoms with Gasteiger partial charge in [-0.1, -0.05) is 6.07 Å². The van der Waals surface area contributed by atoms with Gasteiger partial charge in [-0.15, -0.1) is 0 Å². The van der Waals surface area contributed by atoms with Crippen LogP contribution >= 0.6 is 0 Å². The van der Waals surface area contributed by atoms with E-state index in [-0.39, 0.29) is 17.3 Å². The van der Waals surface area contributed by atoms with E-state index in [2.05, 4.69) is 0 Å². The molecule has 1 aromatic carbocycles. The number of methoxy groups -OCH3 is 2. The average molecular weight is 246 g/mol. The van der Waals surface area contributed by atoms with Gasteiger partial charge in [0.05, 0.1) is 20.8 Å². The number of aliphatic hydroxyl groups excluding tert-OH is 1. The van der Waals surface area contributed by atoms with Crippen LogP contribution in [0.5, 0.6) is 11.5 Å². The van der Waals surface area contributed by atoms with Gasteiger partial charge in [0.2, 0.25) is 0 Å². The van der Waals surface area contributed by atoms with Crippen LogP contribution in [-0.4, -0.2) is 34.0 Å². The number of ether oxygens (including phenoxy) is 2. The highest BCUT2D eigenvalue weighted by Gasteiger charge is 2.22. The van der Waals surface area contributed by atoms with E-state index in [9.17, 15) is 8.42 Å². The molecule has 1 N–H and O–H groups in total. The quantitative estimate of drug-likeness (QED) is 0.842. The van der Waals surface area contributed by atoms with Crippen molar-refractivity contribution in [2.45, 2.75) is 11.5 Å². The number of hydrogen-bond acceptors (Lipinski definition) is 5. The zero-order valence-electron chi connectivity index (χ0n) is 9.35. The highest BCUT2D eigenvalue weighted by molar-refractivity contribution is 7.90. The third-order valence-electron chi connectivity index (χ3n) is 2.12. The van der Waals surface area contributed by atoms with Crippen LogP contribution in [0.15, 0.2) is 17.0 Å². The summed E-state index contributed by atoms with van der Waals surface area (Å²) in [4.78, 5) is -0.0307. The Morgan fingerprint density at radius 1 is 1.25 bits per heavy atom. The van der Waals surface area contributed by atoms with Gasteiger partial charge < -0.3 is 14.6 Å².